The predicted molar refractivity (Wildman–Crippen MR) is 92.9 cm³/mol. The van der Waals surface area contributed by atoms with Gasteiger partial charge in [0.1, 0.15) is 5.75 Å². The van der Waals surface area contributed by atoms with Crippen LogP contribution < -0.4 is 15.4 Å². The van der Waals surface area contributed by atoms with Crippen LogP contribution in [-0.2, 0) is 9.53 Å². The van der Waals surface area contributed by atoms with Crippen LogP contribution in [0.1, 0.15) is 10.4 Å². The number of para-hydroxylation sites is 1. The maximum atomic E-state index is 12.1. The fourth-order valence-electron chi connectivity index (χ4n) is 2.07. The van der Waals surface area contributed by atoms with Crippen molar-refractivity contribution in [3.05, 3.63) is 53.1 Å². The highest BCUT2D eigenvalue weighted by Gasteiger charge is 2.13. The molecule has 0 saturated carbocycles. The molecule has 1 amide bonds. The van der Waals surface area contributed by atoms with Gasteiger partial charge in [0, 0.05) is 5.02 Å². The average Bonchev–Trinajstić information content (AvgIpc) is 2.60. The number of amides is 1. The molecule has 24 heavy (non-hydrogen) atoms. The molecule has 0 spiro atoms. The fraction of sp³-hybridized carbons (Fsp3) is 0.176. The van der Waals surface area contributed by atoms with Crippen LogP contribution in [0.3, 0.4) is 0 Å². The minimum Gasteiger partial charge on any atom is -0.495 e. The first-order valence-electron chi connectivity index (χ1n) is 7.09. The Hall–Kier alpha value is -2.73. The van der Waals surface area contributed by atoms with Crippen LogP contribution in [-0.4, -0.2) is 32.6 Å². The SMILES string of the molecule is COC(=O)c1ccccc1NC(=O)CNc1cc(Cl)ccc1OC. The van der Waals surface area contributed by atoms with Crippen LogP contribution in [0.15, 0.2) is 42.5 Å². The maximum Gasteiger partial charge on any atom is 0.339 e. The summed E-state index contributed by atoms with van der Waals surface area (Å²) in [6.07, 6.45) is 0. The van der Waals surface area contributed by atoms with Gasteiger partial charge in [-0.25, -0.2) is 4.79 Å². The Bertz CT molecular complexity index is 749. The van der Waals surface area contributed by atoms with E-state index in [-0.39, 0.29) is 18.0 Å². The molecule has 0 aliphatic heterocycles. The summed E-state index contributed by atoms with van der Waals surface area (Å²) in [7, 11) is 2.81. The van der Waals surface area contributed by atoms with Gasteiger partial charge in [0.15, 0.2) is 0 Å². The molecular weight excluding hydrogens is 332 g/mol. The minimum absolute atomic E-state index is 0.0216. The van der Waals surface area contributed by atoms with E-state index in [0.717, 1.165) is 0 Å². The summed E-state index contributed by atoms with van der Waals surface area (Å²) in [6.45, 7) is -0.0216. The molecule has 7 heteroatoms. The highest BCUT2D eigenvalue weighted by Crippen LogP contribution is 2.27. The standard InChI is InChI=1S/C17H17ClN2O4/c1-23-15-8-7-11(18)9-14(15)19-10-16(21)20-13-6-4-3-5-12(13)17(22)24-2/h3-9,19H,10H2,1-2H3,(H,20,21). The molecule has 2 aromatic rings. The molecule has 2 N–H and O–H groups in total. The number of ether oxygens (including phenoxy) is 2. The van der Waals surface area contributed by atoms with E-state index in [1.807, 2.05) is 0 Å². The average molecular weight is 349 g/mol. The van der Waals surface area contributed by atoms with Gasteiger partial charge in [-0.15, -0.1) is 0 Å². The number of halogens is 1. The van der Waals surface area contributed by atoms with E-state index >= 15 is 0 Å². The van der Waals surface area contributed by atoms with Crippen molar-refractivity contribution in [2.24, 2.45) is 0 Å². The summed E-state index contributed by atoms with van der Waals surface area (Å²) in [4.78, 5) is 23.8. The van der Waals surface area contributed by atoms with Gasteiger partial charge < -0.3 is 20.1 Å². The number of benzene rings is 2. The number of anilines is 2. The van der Waals surface area contributed by atoms with E-state index in [9.17, 15) is 9.59 Å². The second-order valence-corrected chi connectivity index (χ2v) is 5.22. The molecule has 126 valence electrons. The monoisotopic (exact) mass is 348 g/mol. The summed E-state index contributed by atoms with van der Waals surface area (Å²) >= 11 is 5.94. The number of rotatable bonds is 6. The van der Waals surface area contributed by atoms with E-state index in [1.54, 1.807) is 42.5 Å². The molecule has 0 radical (unpaired) electrons. The number of hydrogen-bond acceptors (Lipinski definition) is 5. The molecule has 0 saturated heterocycles. The molecule has 0 aromatic heterocycles. The van der Waals surface area contributed by atoms with Crippen LogP contribution in [0, 0.1) is 0 Å². The topological polar surface area (TPSA) is 76.7 Å². The lowest BCUT2D eigenvalue weighted by Gasteiger charge is -2.13. The number of nitrogens with one attached hydrogen (secondary N) is 2. The van der Waals surface area contributed by atoms with Gasteiger partial charge in [0.2, 0.25) is 5.91 Å². The minimum atomic E-state index is -0.518. The second kappa shape index (κ2) is 8.21. The Morgan fingerprint density at radius 1 is 1.08 bits per heavy atom. The summed E-state index contributed by atoms with van der Waals surface area (Å²) in [5, 5.41) is 6.14. The van der Waals surface area contributed by atoms with Crippen molar-refractivity contribution in [3.63, 3.8) is 0 Å². The Morgan fingerprint density at radius 3 is 2.54 bits per heavy atom. The lowest BCUT2D eigenvalue weighted by molar-refractivity contribution is -0.114. The summed E-state index contributed by atoms with van der Waals surface area (Å²) in [5.41, 5.74) is 1.27. The van der Waals surface area contributed by atoms with E-state index in [1.165, 1.54) is 14.2 Å². The summed E-state index contributed by atoms with van der Waals surface area (Å²) in [5.74, 6) is -0.272. The van der Waals surface area contributed by atoms with Crippen molar-refractivity contribution in [1.29, 1.82) is 0 Å². The third-order valence-corrected chi connectivity index (χ3v) is 3.44. The van der Waals surface area contributed by atoms with Gasteiger partial charge >= 0.3 is 5.97 Å². The lowest BCUT2D eigenvalue weighted by atomic mass is 10.2. The van der Waals surface area contributed by atoms with Crippen LogP contribution in [0.25, 0.3) is 0 Å². The molecular formula is C17H17ClN2O4. The molecule has 0 fully saturated rings. The Morgan fingerprint density at radius 2 is 1.83 bits per heavy atom. The quantitative estimate of drug-likeness (QED) is 0.784. The van der Waals surface area contributed by atoms with Crippen molar-refractivity contribution in [2.45, 2.75) is 0 Å². The summed E-state index contributed by atoms with van der Waals surface area (Å²) in [6, 6.07) is 11.7. The molecule has 6 nitrogen and oxygen atoms in total. The maximum absolute atomic E-state index is 12.1. The Kier molecular flexibility index (Phi) is 6.03. The molecule has 2 aromatic carbocycles. The zero-order valence-corrected chi connectivity index (χ0v) is 14.0. The highest BCUT2D eigenvalue weighted by atomic mass is 35.5. The van der Waals surface area contributed by atoms with Crippen LogP contribution in [0.2, 0.25) is 5.02 Å². The number of esters is 1. The van der Waals surface area contributed by atoms with Crippen LogP contribution in [0.5, 0.6) is 5.75 Å². The van der Waals surface area contributed by atoms with Gasteiger partial charge in [-0.3, -0.25) is 4.79 Å². The van der Waals surface area contributed by atoms with Crippen molar-refractivity contribution in [1.82, 2.24) is 0 Å². The van der Waals surface area contributed by atoms with Crippen molar-refractivity contribution >= 4 is 34.9 Å². The van der Waals surface area contributed by atoms with Gasteiger partial charge in [0.25, 0.3) is 0 Å². The zero-order chi connectivity index (χ0) is 17.5. The van der Waals surface area contributed by atoms with E-state index in [0.29, 0.717) is 22.1 Å². The van der Waals surface area contributed by atoms with Crippen molar-refractivity contribution < 1.29 is 19.1 Å². The van der Waals surface area contributed by atoms with Crippen LogP contribution >= 0.6 is 11.6 Å². The third kappa shape index (κ3) is 4.39. The Labute approximate surface area is 144 Å². The molecule has 0 heterocycles. The first kappa shape index (κ1) is 17.6. The van der Waals surface area contributed by atoms with E-state index < -0.39 is 5.97 Å². The Balaban J connectivity index is 2.05. The summed E-state index contributed by atoms with van der Waals surface area (Å²) < 4.78 is 9.90. The molecule has 0 unspecified atom stereocenters. The van der Waals surface area contributed by atoms with E-state index in [4.69, 9.17) is 21.1 Å². The normalized spacial score (nSPS) is 9.96. The van der Waals surface area contributed by atoms with Gasteiger partial charge in [0.05, 0.1) is 37.7 Å². The second-order valence-electron chi connectivity index (χ2n) is 4.78. The number of carbonyl (C=O) groups is 2. The predicted octanol–water partition coefficient (Wildman–Crippen LogP) is 3.19. The van der Waals surface area contributed by atoms with Gasteiger partial charge in [-0.2, -0.15) is 0 Å². The molecule has 0 aliphatic carbocycles. The number of carbonyl (C=O) groups excluding carboxylic acids is 2. The molecule has 0 aliphatic rings. The first-order valence-corrected chi connectivity index (χ1v) is 7.47. The number of methoxy groups -OCH3 is 2. The lowest BCUT2D eigenvalue weighted by Crippen LogP contribution is -2.23. The fourth-order valence-corrected chi connectivity index (χ4v) is 2.24. The number of hydrogen-bond donors (Lipinski definition) is 2. The highest BCUT2D eigenvalue weighted by molar-refractivity contribution is 6.31. The molecule has 0 atom stereocenters. The van der Waals surface area contributed by atoms with Gasteiger partial charge in [-0.05, 0) is 30.3 Å². The zero-order valence-electron chi connectivity index (χ0n) is 13.3. The largest absolute Gasteiger partial charge is 0.495 e. The molecule has 2 rings (SSSR count). The molecule has 0 bridgehead atoms. The van der Waals surface area contributed by atoms with Gasteiger partial charge in [-0.1, -0.05) is 23.7 Å². The smallest absolute Gasteiger partial charge is 0.339 e. The van der Waals surface area contributed by atoms with Crippen molar-refractivity contribution in [3.8, 4) is 5.75 Å². The van der Waals surface area contributed by atoms with E-state index in [2.05, 4.69) is 10.6 Å². The first-order chi connectivity index (χ1) is 11.5. The van der Waals surface area contributed by atoms with Crippen LogP contribution in [0.4, 0.5) is 11.4 Å². The van der Waals surface area contributed by atoms with Crippen molar-refractivity contribution in [2.75, 3.05) is 31.4 Å². The third-order valence-electron chi connectivity index (χ3n) is 3.21.